The van der Waals surface area contributed by atoms with Crippen LogP contribution in [0.5, 0.6) is 0 Å². The fourth-order valence-corrected chi connectivity index (χ4v) is 1.60. The van der Waals surface area contributed by atoms with Crippen molar-refractivity contribution in [3.63, 3.8) is 0 Å². The minimum absolute atomic E-state index is 0.305. The maximum Gasteiger partial charge on any atom is 0.182 e. The summed E-state index contributed by atoms with van der Waals surface area (Å²) in [4.78, 5) is 4.28. The monoisotopic (exact) mass is 200 g/mol. The first-order valence-corrected chi connectivity index (χ1v) is 5.34. The van der Waals surface area contributed by atoms with Gasteiger partial charge in [0.1, 0.15) is 0 Å². The van der Waals surface area contributed by atoms with Gasteiger partial charge in [0.05, 0.1) is 18.4 Å². The largest absolute Gasteiger partial charge is 0.377 e. The summed E-state index contributed by atoms with van der Waals surface area (Å²) in [5.74, 6) is 0. The number of rotatable bonds is 5. The molecule has 0 aliphatic carbocycles. The smallest absolute Gasteiger partial charge is 0.182 e. The molecule has 0 aliphatic rings. The number of aryl methyl sites for hydroxylation is 1. The van der Waals surface area contributed by atoms with Crippen molar-refractivity contribution < 1.29 is 4.74 Å². The third-order valence-corrected chi connectivity index (χ3v) is 2.37. The van der Waals surface area contributed by atoms with E-state index in [1.54, 1.807) is 11.3 Å². The molecule has 4 heteroatoms. The molecule has 0 spiro atoms. The lowest BCUT2D eigenvalue weighted by molar-refractivity contribution is 0.0870. The van der Waals surface area contributed by atoms with E-state index in [4.69, 9.17) is 4.74 Å². The fraction of sp³-hybridized carbons (Fsp3) is 0.667. The van der Waals surface area contributed by atoms with E-state index in [1.807, 2.05) is 26.2 Å². The first-order chi connectivity index (χ1) is 6.18. The average Bonchev–Trinajstić information content (AvgIpc) is 2.45. The van der Waals surface area contributed by atoms with Crippen molar-refractivity contribution in [3.8, 4) is 0 Å². The quantitative estimate of drug-likeness (QED) is 0.740. The number of ether oxygens (including phenoxy) is 1. The van der Waals surface area contributed by atoms with E-state index in [0.717, 1.165) is 24.0 Å². The first-order valence-electron chi connectivity index (χ1n) is 4.46. The summed E-state index contributed by atoms with van der Waals surface area (Å²) in [6, 6.07) is 0. The summed E-state index contributed by atoms with van der Waals surface area (Å²) in [6.07, 6.45) is 0.305. The molecule has 0 amide bonds. The molecule has 3 nitrogen and oxygen atoms in total. The molecule has 0 saturated heterocycles. The van der Waals surface area contributed by atoms with Crippen LogP contribution in [0.15, 0.2) is 5.38 Å². The Morgan fingerprint density at radius 3 is 2.92 bits per heavy atom. The minimum Gasteiger partial charge on any atom is -0.377 e. The van der Waals surface area contributed by atoms with Crippen LogP contribution in [-0.2, 0) is 4.74 Å². The van der Waals surface area contributed by atoms with E-state index in [1.165, 1.54) is 0 Å². The number of anilines is 1. The van der Waals surface area contributed by atoms with Gasteiger partial charge in [-0.25, -0.2) is 4.98 Å². The van der Waals surface area contributed by atoms with E-state index in [-0.39, 0.29) is 0 Å². The van der Waals surface area contributed by atoms with Crippen LogP contribution < -0.4 is 5.32 Å². The number of nitrogens with zero attached hydrogens (tertiary/aromatic N) is 1. The molecule has 1 rings (SSSR count). The normalized spacial score (nSPS) is 10.8. The van der Waals surface area contributed by atoms with Gasteiger partial charge in [0.2, 0.25) is 0 Å². The average molecular weight is 200 g/mol. The van der Waals surface area contributed by atoms with Crippen molar-refractivity contribution in [1.82, 2.24) is 4.98 Å². The number of hydrogen-bond acceptors (Lipinski definition) is 4. The Morgan fingerprint density at radius 2 is 2.38 bits per heavy atom. The van der Waals surface area contributed by atoms with Crippen molar-refractivity contribution in [1.29, 1.82) is 0 Å². The fourth-order valence-electron chi connectivity index (χ4n) is 0.888. The molecule has 1 aromatic heterocycles. The van der Waals surface area contributed by atoms with Crippen LogP contribution in [0.4, 0.5) is 5.13 Å². The molecule has 0 bridgehead atoms. The summed E-state index contributed by atoms with van der Waals surface area (Å²) in [6.45, 7) is 7.62. The Hall–Kier alpha value is -0.610. The second-order valence-corrected chi connectivity index (χ2v) is 4.00. The van der Waals surface area contributed by atoms with Gasteiger partial charge in [0, 0.05) is 11.9 Å². The topological polar surface area (TPSA) is 34.1 Å². The maximum atomic E-state index is 5.38. The van der Waals surface area contributed by atoms with Crippen molar-refractivity contribution in [3.05, 3.63) is 11.1 Å². The van der Waals surface area contributed by atoms with Crippen LogP contribution in [0.1, 0.15) is 19.5 Å². The molecule has 13 heavy (non-hydrogen) atoms. The molecular weight excluding hydrogens is 184 g/mol. The highest BCUT2D eigenvalue weighted by atomic mass is 32.1. The third kappa shape index (κ3) is 4.24. The number of thiazole rings is 1. The molecule has 1 aromatic rings. The summed E-state index contributed by atoms with van der Waals surface area (Å²) in [5, 5.41) is 6.21. The Kier molecular flexibility index (Phi) is 4.18. The molecule has 0 fully saturated rings. The number of aromatic nitrogens is 1. The van der Waals surface area contributed by atoms with E-state index in [2.05, 4.69) is 10.3 Å². The van der Waals surface area contributed by atoms with Crippen molar-refractivity contribution in [2.45, 2.75) is 26.9 Å². The zero-order valence-corrected chi connectivity index (χ0v) is 9.15. The van der Waals surface area contributed by atoms with Gasteiger partial charge in [-0.3, -0.25) is 0 Å². The lowest BCUT2D eigenvalue weighted by Gasteiger charge is -2.07. The van der Waals surface area contributed by atoms with E-state index < -0.39 is 0 Å². The second-order valence-electron chi connectivity index (χ2n) is 3.14. The molecule has 74 valence electrons. The summed E-state index contributed by atoms with van der Waals surface area (Å²) in [5.41, 5.74) is 1.07. The Morgan fingerprint density at radius 1 is 1.62 bits per heavy atom. The Balaban J connectivity index is 2.13. The highest BCUT2D eigenvalue weighted by molar-refractivity contribution is 7.13. The number of hydrogen-bond donors (Lipinski definition) is 1. The molecular formula is C9H16N2OS. The molecule has 0 saturated carbocycles. The van der Waals surface area contributed by atoms with E-state index >= 15 is 0 Å². The van der Waals surface area contributed by atoms with Crippen LogP contribution in [0.3, 0.4) is 0 Å². The second kappa shape index (κ2) is 5.19. The molecule has 0 aliphatic heterocycles. The Labute approximate surface area is 83.1 Å². The Bertz CT molecular complexity index is 248. The third-order valence-electron chi connectivity index (χ3n) is 1.45. The van der Waals surface area contributed by atoms with Crippen LogP contribution in [0.25, 0.3) is 0 Å². The van der Waals surface area contributed by atoms with Crippen LogP contribution in [0.2, 0.25) is 0 Å². The summed E-state index contributed by atoms with van der Waals surface area (Å²) >= 11 is 1.63. The maximum absolute atomic E-state index is 5.38. The van der Waals surface area contributed by atoms with Crippen molar-refractivity contribution in [2.75, 3.05) is 18.5 Å². The minimum atomic E-state index is 0.305. The first kappa shape index (κ1) is 10.5. The van der Waals surface area contributed by atoms with Crippen LogP contribution >= 0.6 is 11.3 Å². The molecule has 0 radical (unpaired) electrons. The van der Waals surface area contributed by atoms with Gasteiger partial charge in [0.25, 0.3) is 0 Å². The van der Waals surface area contributed by atoms with Gasteiger partial charge in [-0.2, -0.15) is 0 Å². The van der Waals surface area contributed by atoms with Gasteiger partial charge in [-0.1, -0.05) is 0 Å². The SMILES string of the molecule is Cc1csc(NCCOC(C)C)n1. The van der Waals surface area contributed by atoms with E-state index in [0.29, 0.717) is 6.10 Å². The van der Waals surface area contributed by atoms with Gasteiger partial charge in [-0.15, -0.1) is 11.3 Å². The standard InChI is InChI=1S/C9H16N2OS/c1-7(2)12-5-4-10-9-11-8(3)6-13-9/h6-7H,4-5H2,1-3H3,(H,10,11). The molecule has 0 atom stereocenters. The summed E-state index contributed by atoms with van der Waals surface area (Å²) in [7, 11) is 0. The lowest BCUT2D eigenvalue weighted by atomic mass is 10.5. The van der Waals surface area contributed by atoms with Crippen molar-refractivity contribution in [2.24, 2.45) is 0 Å². The molecule has 1 N–H and O–H groups in total. The van der Waals surface area contributed by atoms with Crippen molar-refractivity contribution >= 4 is 16.5 Å². The number of nitrogens with one attached hydrogen (secondary N) is 1. The molecule has 0 aromatic carbocycles. The lowest BCUT2D eigenvalue weighted by Crippen LogP contribution is -2.12. The highest BCUT2D eigenvalue weighted by Crippen LogP contribution is 2.13. The van der Waals surface area contributed by atoms with Gasteiger partial charge in [-0.05, 0) is 20.8 Å². The predicted molar refractivity (Wildman–Crippen MR) is 56.4 cm³/mol. The zero-order chi connectivity index (χ0) is 9.68. The molecule has 1 heterocycles. The summed E-state index contributed by atoms with van der Waals surface area (Å²) < 4.78 is 5.38. The zero-order valence-electron chi connectivity index (χ0n) is 8.33. The van der Waals surface area contributed by atoms with Gasteiger partial charge >= 0.3 is 0 Å². The highest BCUT2D eigenvalue weighted by Gasteiger charge is 1.97. The molecule has 0 unspecified atom stereocenters. The van der Waals surface area contributed by atoms with Crippen LogP contribution in [-0.4, -0.2) is 24.2 Å². The van der Waals surface area contributed by atoms with Gasteiger partial charge in [0.15, 0.2) is 5.13 Å². The van der Waals surface area contributed by atoms with Crippen LogP contribution in [0, 0.1) is 6.92 Å². The predicted octanol–water partition coefficient (Wildman–Crippen LogP) is 2.29. The van der Waals surface area contributed by atoms with Gasteiger partial charge < -0.3 is 10.1 Å². The van der Waals surface area contributed by atoms with E-state index in [9.17, 15) is 0 Å².